The van der Waals surface area contributed by atoms with E-state index in [4.69, 9.17) is 4.74 Å². The molecule has 0 heterocycles. The van der Waals surface area contributed by atoms with Crippen molar-refractivity contribution in [1.29, 1.82) is 0 Å². The Bertz CT molecular complexity index is 609. The molecule has 2 aromatic carbocycles. The van der Waals surface area contributed by atoms with Gasteiger partial charge in [-0.05, 0) is 75.2 Å². The molecule has 0 saturated carbocycles. The van der Waals surface area contributed by atoms with E-state index in [0.29, 0.717) is 6.61 Å². The Balaban J connectivity index is 2.97. The molecule has 0 aromatic heterocycles. The van der Waals surface area contributed by atoms with Gasteiger partial charge in [0.25, 0.3) is 0 Å². The van der Waals surface area contributed by atoms with E-state index in [0.717, 1.165) is 5.75 Å². The van der Waals surface area contributed by atoms with Gasteiger partial charge in [0, 0.05) is 5.39 Å². The van der Waals surface area contributed by atoms with Crippen LogP contribution in [-0.2, 0) is 0 Å². The second-order valence-electron chi connectivity index (χ2n) is 5.14. The third-order valence-corrected chi connectivity index (χ3v) is 3.85. The second-order valence-corrected chi connectivity index (χ2v) is 5.14. The lowest BCUT2D eigenvalue weighted by atomic mass is 9.91. The third kappa shape index (κ3) is 1.88. The summed E-state index contributed by atoms with van der Waals surface area (Å²) in [6, 6.07) is 4.49. The lowest BCUT2D eigenvalue weighted by molar-refractivity contribution is 0.341. The Hall–Kier alpha value is -1.50. The van der Waals surface area contributed by atoms with Crippen LogP contribution in [0, 0.1) is 34.6 Å². The van der Waals surface area contributed by atoms with E-state index >= 15 is 0 Å². The highest BCUT2D eigenvalue weighted by Gasteiger charge is 2.14. The van der Waals surface area contributed by atoms with Gasteiger partial charge in [-0.25, -0.2) is 0 Å². The van der Waals surface area contributed by atoms with Gasteiger partial charge in [0.1, 0.15) is 5.75 Å². The molecule has 2 aromatic rings. The number of ether oxygens (including phenoxy) is 1. The molecular formula is C17H22O. The number of benzene rings is 2. The summed E-state index contributed by atoms with van der Waals surface area (Å²) in [6.45, 7) is 13.6. The molecule has 18 heavy (non-hydrogen) atoms. The highest BCUT2D eigenvalue weighted by Crippen LogP contribution is 2.37. The Morgan fingerprint density at radius 2 is 1.56 bits per heavy atom. The second kappa shape index (κ2) is 4.64. The zero-order valence-corrected chi connectivity index (χ0v) is 12.3. The van der Waals surface area contributed by atoms with Gasteiger partial charge in [0.2, 0.25) is 0 Å². The molecular weight excluding hydrogens is 220 g/mol. The van der Waals surface area contributed by atoms with E-state index in [1.165, 1.54) is 38.6 Å². The van der Waals surface area contributed by atoms with Crippen LogP contribution in [0.25, 0.3) is 10.8 Å². The predicted octanol–water partition coefficient (Wildman–Crippen LogP) is 4.78. The Morgan fingerprint density at radius 3 is 2.17 bits per heavy atom. The van der Waals surface area contributed by atoms with Crippen molar-refractivity contribution in [3.63, 3.8) is 0 Å². The fourth-order valence-electron chi connectivity index (χ4n) is 2.82. The van der Waals surface area contributed by atoms with Crippen molar-refractivity contribution in [3.05, 3.63) is 39.9 Å². The first-order chi connectivity index (χ1) is 8.47. The van der Waals surface area contributed by atoms with Crippen LogP contribution >= 0.6 is 0 Å². The van der Waals surface area contributed by atoms with E-state index in [-0.39, 0.29) is 0 Å². The fraction of sp³-hybridized carbons (Fsp3) is 0.412. The van der Waals surface area contributed by atoms with Crippen LogP contribution in [0.3, 0.4) is 0 Å². The van der Waals surface area contributed by atoms with Crippen molar-refractivity contribution < 1.29 is 4.74 Å². The van der Waals surface area contributed by atoms with Gasteiger partial charge in [-0.2, -0.15) is 0 Å². The maximum absolute atomic E-state index is 5.90. The van der Waals surface area contributed by atoms with Crippen molar-refractivity contribution in [1.82, 2.24) is 0 Å². The van der Waals surface area contributed by atoms with Crippen molar-refractivity contribution in [2.45, 2.75) is 41.5 Å². The van der Waals surface area contributed by atoms with E-state index in [2.05, 4.69) is 46.8 Å². The maximum Gasteiger partial charge on any atom is 0.130 e. The van der Waals surface area contributed by atoms with Gasteiger partial charge in [0.15, 0.2) is 0 Å². The number of rotatable bonds is 2. The average molecular weight is 242 g/mol. The molecule has 0 radical (unpaired) electrons. The molecule has 0 unspecified atom stereocenters. The normalized spacial score (nSPS) is 11.0. The first-order valence-corrected chi connectivity index (χ1v) is 6.60. The molecule has 0 saturated heterocycles. The largest absolute Gasteiger partial charge is 0.493 e. The van der Waals surface area contributed by atoms with E-state index in [1.807, 2.05) is 6.92 Å². The minimum atomic E-state index is 0.714. The molecule has 96 valence electrons. The fourth-order valence-corrected chi connectivity index (χ4v) is 2.82. The minimum Gasteiger partial charge on any atom is -0.493 e. The summed E-state index contributed by atoms with van der Waals surface area (Å²) in [5.74, 6) is 1.06. The summed E-state index contributed by atoms with van der Waals surface area (Å²) in [5, 5.41) is 2.61. The maximum atomic E-state index is 5.90. The first kappa shape index (κ1) is 12.9. The topological polar surface area (TPSA) is 9.23 Å². The standard InChI is InChI=1S/C17H22O/c1-7-18-17-14(6)12(4)13(5)16-11(3)8-10(2)9-15(16)17/h8-9H,7H2,1-6H3. The number of fused-ring (bicyclic) bond motifs is 1. The number of hydrogen-bond donors (Lipinski definition) is 0. The highest BCUT2D eigenvalue weighted by atomic mass is 16.5. The average Bonchev–Trinajstić information content (AvgIpc) is 2.31. The molecule has 0 aliphatic carbocycles. The van der Waals surface area contributed by atoms with Gasteiger partial charge in [0.05, 0.1) is 6.61 Å². The van der Waals surface area contributed by atoms with E-state index < -0.39 is 0 Å². The SMILES string of the molecule is CCOc1c(C)c(C)c(C)c2c(C)cc(C)cc12. The van der Waals surface area contributed by atoms with Crippen LogP contribution < -0.4 is 4.74 Å². The Morgan fingerprint density at radius 1 is 0.889 bits per heavy atom. The van der Waals surface area contributed by atoms with E-state index in [9.17, 15) is 0 Å². The lowest BCUT2D eigenvalue weighted by Gasteiger charge is -2.18. The van der Waals surface area contributed by atoms with Crippen molar-refractivity contribution >= 4 is 10.8 Å². The molecule has 0 bridgehead atoms. The molecule has 0 fully saturated rings. The van der Waals surface area contributed by atoms with E-state index in [1.54, 1.807) is 0 Å². The quantitative estimate of drug-likeness (QED) is 0.736. The summed E-state index contributed by atoms with van der Waals surface area (Å²) in [5.41, 5.74) is 6.63. The minimum absolute atomic E-state index is 0.714. The Kier molecular flexibility index (Phi) is 3.34. The van der Waals surface area contributed by atoms with Gasteiger partial charge < -0.3 is 4.74 Å². The van der Waals surface area contributed by atoms with Crippen LogP contribution in [0.1, 0.15) is 34.7 Å². The molecule has 0 spiro atoms. The summed E-state index contributed by atoms with van der Waals surface area (Å²) in [7, 11) is 0. The predicted molar refractivity (Wildman–Crippen MR) is 78.8 cm³/mol. The molecule has 1 nitrogen and oxygen atoms in total. The van der Waals surface area contributed by atoms with Crippen molar-refractivity contribution in [3.8, 4) is 5.75 Å². The third-order valence-electron chi connectivity index (χ3n) is 3.85. The summed E-state index contributed by atoms with van der Waals surface area (Å²) < 4.78 is 5.90. The number of aryl methyl sites for hydroxylation is 3. The van der Waals surface area contributed by atoms with Crippen LogP contribution in [0.5, 0.6) is 5.75 Å². The molecule has 0 atom stereocenters. The summed E-state index contributed by atoms with van der Waals surface area (Å²) in [4.78, 5) is 0. The van der Waals surface area contributed by atoms with Crippen LogP contribution in [0.4, 0.5) is 0 Å². The van der Waals surface area contributed by atoms with Crippen molar-refractivity contribution in [2.24, 2.45) is 0 Å². The van der Waals surface area contributed by atoms with Crippen LogP contribution in [-0.4, -0.2) is 6.61 Å². The molecule has 1 heteroatoms. The highest BCUT2D eigenvalue weighted by molar-refractivity contribution is 5.96. The first-order valence-electron chi connectivity index (χ1n) is 6.60. The smallest absolute Gasteiger partial charge is 0.130 e. The molecule has 0 aliphatic rings. The Labute approximate surface area is 110 Å². The van der Waals surface area contributed by atoms with Crippen molar-refractivity contribution in [2.75, 3.05) is 6.61 Å². The molecule has 0 N–H and O–H groups in total. The van der Waals surface area contributed by atoms with Crippen LogP contribution in [0.2, 0.25) is 0 Å². The molecule has 0 aliphatic heterocycles. The zero-order chi connectivity index (χ0) is 13.4. The van der Waals surface area contributed by atoms with Gasteiger partial charge in [-0.15, -0.1) is 0 Å². The monoisotopic (exact) mass is 242 g/mol. The molecule has 2 rings (SSSR count). The zero-order valence-electron chi connectivity index (χ0n) is 12.3. The lowest BCUT2D eigenvalue weighted by Crippen LogP contribution is -2.00. The molecule has 0 amide bonds. The number of hydrogen-bond acceptors (Lipinski definition) is 1. The van der Waals surface area contributed by atoms with Crippen LogP contribution in [0.15, 0.2) is 12.1 Å². The summed E-state index contributed by atoms with van der Waals surface area (Å²) in [6.07, 6.45) is 0. The van der Waals surface area contributed by atoms with Gasteiger partial charge in [-0.3, -0.25) is 0 Å². The van der Waals surface area contributed by atoms with Gasteiger partial charge in [-0.1, -0.05) is 11.6 Å². The van der Waals surface area contributed by atoms with Gasteiger partial charge >= 0.3 is 0 Å². The summed E-state index contributed by atoms with van der Waals surface area (Å²) >= 11 is 0.